The molecule has 6 heteroatoms. The third-order valence-corrected chi connectivity index (χ3v) is 4.17. The lowest BCUT2D eigenvalue weighted by atomic mass is 9.95. The molecule has 2 amide bonds. The summed E-state index contributed by atoms with van der Waals surface area (Å²) in [5.74, 6) is -0.369. The highest BCUT2D eigenvalue weighted by Gasteiger charge is 2.27. The molecule has 0 aromatic heterocycles. The largest absolute Gasteiger partial charge is 0.378 e. The minimum absolute atomic E-state index is 0.182. The molecule has 1 N–H and O–H groups in total. The van der Waals surface area contributed by atoms with Crippen molar-refractivity contribution in [2.24, 2.45) is 5.41 Å². The minimum atomic E-state index is -0.579. The van der Waals surface area contributed by atoms with Crippen molar-refractivity contribution in [3.63, 3.8) is 0 Å². The molecule has 0 unspecified atom stereocenters. The van der Waals surface area contributed by atoms with Gasteiger partial charge in [-0.2, -0.15) is 0 Å². The van der Waals surface area contributed by atoms with E-state index in [-0.39, 0.29) is 11.8 Å². The summed E-state index contributed by atoms with van der Waals surface area (Å²) < 4.78 is 6.25. The average Bonchev–Trinajstić information content (AvgIpc) is 2.55. The molecule has 0 aliphatic carbocycles. The Morgan fingerprint density at radius 1 is 1.17 bits per heavy atom. The molecule has 1 aromatic rings. The van der Waals surface area contributed by atoms with Gasteiger partial charge in [-0.1, -0.05) is 48.8 Å². The number of benzene rings is 1. The second-order valence-corrected chi connectivity index (χ2v) is 7.63. The van der Waals surface area contributed by atoms with E-state index < -0.39 is 5.41 Å². The van der Waals surface area contributed by atoms with Gasteiger partial charge in [0.15, 0.2) is 0 Å². The normalized spacial score (nSPS) is 16.0. The summed E-state index contributed by atoms with van der Waals surface area (Å²) in [6, 6.07) is 7.57. The Morgan fingerprint density at radius 2 is 1.75 bits per heavy atom. The molecule has 0 radical (unpaired) electrons. The molecule has 1 saturated heterocycles. The Labute approximate surface area is 151 Å². The first-order valence-electron chi connectivity index (χ1n) is 7.93. The van der Waals surface area contributed by atoms with Crippen LogP contribution in [-0.2, 0) is 14.3 Å². The van der Waals surface area contributed by atoms with Crippen LogP contribution in [0.3, 0.4) is 0 Å². The van der Waals surface area contributed by atoms with Gasteiger partial charge >= 0.3 is 0 Å². The van der Waals surface area contributed by atoms with E-state index in [1.54, 1.807) is 11.0 Å². The highest BCUT2D eigenvalue weighted by molar-refractivity contribution is 9.10. The van der Waals surface area contributed by atoms with Crippen molar-refractivity contribution in [3.05, 3.63) is 40.0 Å². The van der Waals surface area contributed by atoms with Gasteiger partial charge in [0.05, 0.1) is 13.2 Å². The Hall–Kier alpha value is -1.66. The number of nitrogens with one attached hydrogen (secondary N) is 1. The van der Waals surface area contributed by atoms with Crippen LogP contribution in [0.5, 0.6) is 0 Å². The highest BCUT2D eigenvalue weighted by atomic mass is 79.9. The Bertz CT molecular complexity index is 627. The summed E-state index contributed by atoms with van der Waals surface area (Å²) in [6.45, 7) is 7.55. The SMILES string of the molecule is CC(C)(C)C(=O)N/C(=C\c1ccc(Br)cc1)C(=O)N1CCOCC1. The number of halogens is 1. The molecule has 1 heterocycles. The maximum Gasteiger partial charge on any atom is 0.270 e. The molecule has 0 saturated carbocycles. The van der Waals surface area contributed by atoms with Gasteiger partial charge in [-0.15, -0.1) is 0 Å². The van der Waals surface area contributed by atoms with Crippen LogP contribution in [0.15, 0.2) is 34.4 Å². The van der Waals surface area contributed by atoms with Crippen molar-refractivity contribution in [1.29, 1.82) is 0 Å². The van der Waals surface area contributed by atoms with Crippen LogP contribution in [0.4, 0.5) is 0 Å². The molecule has 1 aliphatic rings. The van der Waals surface area contributed by atoms with E-state index in [9.17, 15) is 9.59 Å². The molecule has 1 fully saturated rings. The Morgan fingerprint density at radius 3 is 2.29 bits per heavy atom. The van der Waals surface area contributed by atoms with Gasteiger partial charge in [-0.05, 0) is 23.8 Å². The predicted molar refractivity (Wildman–Crippen MR) is 97.1 cm³/mol. The number of carbonyl (C=O) groups excluding carboxylic acids is 2. The van der Waals surface area contributed by atoms with Crippen molar-refractivity contribution < 1.29 is 14.3 Å². The van der Waals surface area contributed by atoms with Crippen LogP contribution in [0.2, 0.25) is 0 Å². The first kappa shape index (κ1) is 18.7. The lowest BCUT2D eigenvalue weighted by molar-refractivity contribution is -0.134. The quantitative estimate of drug-likeness (QED) is 0.801. The van der Waals surface area contributed by atoms with E-state index in [4.69, 9.17) is 4.74 Å². The summed E-state index contributed by atoms with van der Waals surface area (Å²) in [5.41, 5.74) is 0.563. The third kappa shape index (κ3) is 5.18. The van der Waals surface area contributed by atoms with Crippen LogP contribution < -0.4 is 5.32 Å². The maximum atomic E-state index is 12.8. The molecule has 1 aromatic carbocycles. The Balaban J connectivity index is 2.27. The van der Waals surface area contributed by atoms with Crippen molar-refractivity contribution >= 4 is 33.8 Å². The monoisotopic (exact) mass is 394 g/mol. The van der Waals surface area contributed by atoms with E-state index in [0.29, 0.717) is 32.0 Å². The minimum Gasteiger partial charge on any atom is -0.378 e. The molecule has 5 nitrogen and oxygen atoms in total. The summed E-state index contributed by atoms with van der Waals surface area (Å²) in [6.07, 6.45) is 1.72. The van der Waals surface area contributed by atoms with E-state index in [1.165, 1.54) is 0 Å². The number of carbonyl (C=O) groups is 2. The van der Waals surface area contributed by atoms with Crippen molar-refractivity contribution in [2.45, 2.75) is 20.8 Å². The fourth-order valence-electron chi connectivity index (χ4n) is 2.12. The zero-order valence-electron chi connectivity index (χ0n) is 14.3. The fourth-order valence-corrected chi connectivity index (χ4v) is 2.39. The molecule has 0 bridgehead atoms. The smallest absolute Gasteiger partial charge is 0.270 e. The number of hydrogen-bond acceptors (Lipinski definition) is 3. The second kappa shape index (κ2) is 7.94. The highest BCUT2D eigenvalue weighted by Crippen LogP contribution is 2.17. The number of amides is 2. The number of ether oxygens (including phenoxy) is 1. The lowest BCUT2D eigenvalue weighted by Gasteiger charge is -2.28. The maximum absolute atomic E-state index is 12.8. The fraction of sp³-hybridized carbons (Fsp3) is 0.444. The van der Waals surface area contributed by atoms with Gasteiger partial charge in [0.1, 0.15) is 5.70 Å². The number of morpholine rings is 1. The van der Waals surface area contributed by atoms with Crippen LogP contribution in [0.25, 0.3) is 6.08 Å². The van der Waals surface area contributed by atoms with E-state index in [1.807, 2.05) is 45.0 Å². The third-order valence-electron chi connectivity index (χ3n) is 3.64. The zero-order chi connectivity index (χ0) is 17.7. The predicted octanol–water partition coefficient (Wildman–Crippen LogP) is 2.81. The number of nitrogens with zero attached hydrogens (tertiary/aromatic N) is 1. The van der Waals surface area contributed by atoms with Gasteiger partial charge in [0.25, 0.3) is 5.91 Å². The molecular formula is C18H23BrN2O3. The molecule has 1 aliphatic heterocycles. The molecule has 0 atom stereocenters. The lowest BCUT2D eigenvalue weighted by Crippen LogP contribution is -2.46. The van der Waals surface area contributed by atoms with E-state index in [0.717, 1.165) is 10.0 Å². The van der Waals surface area contributed by atoms with E-state index >= 15 is 0 Å². The standard InChI is InChI=1S/C18H23BrN2O3/c1-18(2,3)17(23)20-15(12-13-4-6-14(19)7-5-13)16(22)21-8-10-24-11-9-21/h4-7,12H,8-11H2,1-3H3,(H,20,23)/b15-12-. The molecule has 24 heavy (non-hydrogen) atoms. The number of hydrogen-bond donors (Lipinski definition) is 1. The van der Waals surface area contributed by atoms with E-state index in [2.05, 4.69) is 21.2 Å². The molecule has 130 valence electrons. The molecule has 2 rings (SSSR count). The van der Waals surface area contributed by atoms with Gasteiger partial charge in [-0.25, -0.2) is 0 Å². The van der Waals surface area contributed by atoms with Crippen LogP contribution in [-0.4, -0.2) is 43.0 Å². The summed E-state index contributed by atoms with van der Waals surface area (Å²) in [7, 11) is 0. The Kier molecular flexibility index (Phi) is 6.18. The molecule has 0 spiro atoms. The zero-order valence-corrected chi connectivity index (χ0v) is 15.9. The van der Waals surface area contributed by atoms with Crippen LogP contribution >= 0.6 is 15.9 Å². The molecular weight excluding hydrogens is 372 g/mol. The van der Waals surface area contributed by atoms with Gasteiger partial charge in [0.2, 0.25) is 5.91 Å². The van der Waals surface area contributed by atoms with Gasteiger partial charge in [-0.3, -0.25) is 9.59 Å². The summed E-state index contributed by atoms with van der Waals surface area (Å²) >= 11 is 3.39. The topological polar surface area (TPSA) is 58.6 Å². The average molecular weight is 395 g/mol. The van der Waals surface area contributed by atoms with Gasteiger partial charge < -0.3 is 15.0 Å². The van der Waals surface area contributed by atoms with Crippen molar-refractivity contribution in [1.82, 2.24) is 10.2 Å². The number of rotatable bonds is 3. The summed E-state index contributed by atoms with van der Waals surface area (Å²) in [5, 5.41) is 2.80. The second-order valence-electron chi connectivity index (χ2n) is 6.72. The first-order valence-corrected chi connectivity index (χ1v) is 8.72. The first-order chi connectivity index (χ1) is 11.3. The van der Waals surface area contributed by atoms with Crippen LogP contribution in [0, 0.1) is 5.41 Å². The summed E-state index contributed by atoms with van der Waals surface area (Å²) in [4.78, 5) is 26.9. The van der Waals surface area contributed by atoms with Gasteiger partial charge in [0, 0.05) is 23.0 Å². The van der Waals surface area contributed by atoms with Crippen LogP contribution in [0.1, 0.15) is 26.3 Å². The van der Waals surface area contributed by atoms with Crippen molar-refractivity contribution in [3.8, 4) is 0 Å². The van der Waals surface area contributed by atoms with Crippen molar-refractivity contribution in [2.75, 3.05) is 26.3 Å².